The molecule has 0 bridgehead atoms. The van der Waals surface area contributed by atoms with E-state index in [-0.39, 0.29) is 12.2 Å². The van der Waals surface area contributed by atoms with Gasteiger partial charge in [-0.15, -0.1) is 22.7 Å². The molecule has 166 valence electrons. The van der Waals surface area contributed by atoms with Gasteiger partial charge in [-0.1, -0.05) is 12.8 Å². The van der Waals surface area contributed by atoms with Crippen LogP contribution < -0.4 is 11.1 Å². The number of nitrogens with two attached hydrogens (primary N) is 1. The Labute approximate surface area is 194 Å². The summed E-state index contributed by atoms with van der Waals surface area (Å²) in [7, 11) is 0. The molecule has 9 heteroatoms. The Kier molecular flexibility index (Phi) is 6.44. The summed E-state index contributed by atoms with van der Waals surface area (Å²) in [5.41, 5.74) is 9.84. The van der Waals surface area contributed by atoms with Crippen molar-refractivity contribution in [2.75, 3.05) is 17.7 Å². The van der Waals surface area contributed by atoms with Crippen LogP contribution in [0.1, 0.15) is 74.3 Å². The van der Waals surface area contributed by atoms with Gasteiger partial charge in [0, 0.05) is 11.1 Å². The molecular formula is C23H24N4O3S2. The molecular weight excluding hydrogens is 444 g/mol. The van der Waals surface area contributed by atoms with Crippen molar-refractivity contribution in [3.05, 3.63) is 38.2 Å². The van der Waals surface area contributed by atoms with E-state index < -0.39 is 11.9 Å². The molecule has 3 aromatic rings. The second-order valence-electron chi connectivity index (χ2n) is 7.75. The Balaban J connectivity index is 1.67. The van der Waals surface area contributed by atoms with Crippen molar-refractivity contribution < 1.29 is 14.3 Å². The predicted molar refractivity (Wildman–Crippen MR) is 128 cm³/mol. The van der Waals surface area contributed by atoms with Crippen molar-refractivity contribution in [2.24, 2.45) is 0 Å². The highest BCUT2D eigenvalue weighted by atomic mass is 32.1. The molecule has 1 aliphatic carbocycles. The van der Waals surface area contributed by atoms with Crippen LogP contribution in [0.3, 0.4) is 0 Å². The third kappa shape index (κ3) is 4.08. The summed E-state index contributed by atoms with van der Waals surface area (Å²) in [6, 6.07) is 4.16. The maximum Gasteiger partial charge on any atom is 0.348 e. The molecule has 32 heavy (non-hydrogen) atoms. The second-order valence-corrected chi connectivity index (χ2v) is 9.77. The first-order valence-electron chi connectivity index (χ1n) is 10.7. The Bertz CT molecular complexity index is 1250. The van der Waals surface area contributed by atoms with Crippen LogP contribution in [-0.4, -0.2) is 23.5 Å². The maximum absolute atomic E-state index is 13.1. The lowest BCUT2D eigenvalue weighted by Crippen LogP contribution is -2.11. The third-order valence-electron chi connectivity index (χ3n) is 5.65. The first kappa shape index (κ1) is 22.2. The topological polar surface area (TPSA) is 118 Å². The van der Waals surface area contributed by atoms with Gasteiger partial charge in [0.15, 0.2) is 0 Å². The van der Waals surface area contributed by atoms with E-state index in [1.54, 1.807) is 13.8 Å². The molecule has 0 fully saturated rings. The van der Waals surface area contributed by atoms with Gasteiger partial charge in [0.05, 0.1) is 17.9 Å². The van der Waals surface area contributed by atoms with Gasteiger partial charge in [-0.05, 0) is 56.7 Å². The maximum atomic E-state index is 13.1. The van der Waals surface area contributed by atoms with Crippen molar-refractivity contribution in [1.29, 1.82) is 5.26 Å². The van der Waals surface area contributed by atoms with Crippen LogP contribution in [0, 0.1) is 18.3 Å². The first-order chi connectivity index (χ1) is 15.4. The molecule has 1 aliphatic rings. The number of carbonyl (C=O) groups excluding carboxylic acids is 2. The normalized spacial score (nSPS) is 13.7. The van der Waals surface area contributed by atoms with E-state index in [2.05, 4.69) is 17.5 Å². The van der Waals surface area contributed by atoms with Gasteiger partial charge >= 0.3 is 5.97 Å². The number of nitrogens with one attached hydrogen (secondary N) is 1. The lowest BCUT2D eigenvalue weighted by molar-refractivity contribution is 0.0531. The van der Waals surface area contributed by atoms with Crippen LogP contribution >= 0.6 is 22.7 Å². The number of carbonyl (C=O) groups is 2. The smallest absolute Gasteiger partial charge is 0.348 e. The molecule has 3 N–H and O–H groups in total. The fraction of sp³-hybridized carbons (Fsp3) is 0.391. The Morgan fingerprint density at radius 2 is 1.97 bits per heavy atom. The minimum absolute atomic E-state index is 0.231. The van der Waals surface area contributed by atoms with Crippen LogP contribution in [0.25, 0.3) is 10.2 Å². The van der Waals surface area contributed by atoms with Gasteiger partial charge in [-0.3, -0.25) is 4.79 Å². The van der Waals surface area contributed by atoms with Gasteiger partial charge in [0.25, 0.3) is 5.91 Å². The van der Waals surface area contributed by atoms with E-state index in [1.807, 2.05) is 0 Å². The molecule has 0 aliphatic heterocycles. The first-order valence-corrected chi connectivity index (χ1v) is 12.3. The van der Waals surface area contributed by atoms with E-state index in [1.165, 1.54) is 29.7 Å². The number of nitrogen functional groups attached to an aromatic ring is 1. The molecule has 0 saturated carbocycles. The summed E-state index contributed by atoms with van der Waals surface area (Å²) >= 11 is 2.30. The van der Waals surface area contributed by atoms with Gasteiger partial charge in [0.1, 0.15) is 25.7 Å². The zero-order valence-corrected chi connectivity index (χ0v) is 19.7. The number of aromatic nitrogens is 1. The van der Waals surface area contributed by atoms with Crippen molar-refractivity contribution in [1.82, 2.24) is 4.98 Å². The van der Waals surface area contributed by atoms with Crippen LogP contribution in [0.5, 0.6) is 0 Å². The largest absolute Gasteiger partial charge is 0.462 e. The van der Waals surface area contributed by atoms with Crippen molar-refractivity contribution in [3.8, 4) is 6.07 Å². The number of anilines is 2. The second kappa shape index (κ2) is 9.27. The van der Waals surface area contributed by atoms with Crippen LogP contribution in [0.15, 0.2) is 6.07 Å². The summed E-state index contributed by atoms with van der Waals surface area (Å²) in [6.07, 6.45) is 6.62. The number of hydrogen-bond donors (Lipinski definition) is 2. The average molecular weight is 469 g/mol. The molecule has 1 amide bonds. The van der Waals surface area contributed by atoms with E-state index in [4.69, 9.17) is 15.5 Å². The third-order valence-corrected chi connectivity index (χ3v) is 7.95. The molecule has 7 nitrogen and oxygen atoms in total. The number of hydrogen-bond acceptors (Lipinski definition) is 8. The molecule has 0 spiro atoms. The summed E-state index contributed by atoms with van der Waals surface area (Å²) < 4.78 is 5.06. The minimum atomic E-state index is -0.505. The van der Waals surface area contributed by atoms with E-state index in [9.17, 15) is 14.9 Å². The highest BCUT2D eigenvalue weighted by Gasteiger charge is 2.25. The Morgan fingerprint density at radius 1 is 1.22 bits per heavy atom. The monoisotopic (exact) mass is 468 g/mol. The number of nitrogens with zero attached hydrogens (tertiary/aromatic N) is 2. The zero-order chi connectivity index (χ0) is 22.8. The van der Waals surface area contributed by atoms with Gasteiger partial charge in [-0.2, -0.15) is 5.26 Å². The molecule has 0 atom stereocenters. The number of rotatable bonds is 4. The fourth-order valence-electron chi connectivity index (χ4n) is 3.97. The van der Waals surface area contributed by atoms with Gasteiger partial charge < -0.3 is 15.8 Å². The minimum Gasteiger partial charge on any atom is -0.462 e. The van der Waals surface area contributed by atoms with Crippen molar-refractivity contribution in [2.45, 2.75) is 52.4 Å². The van der Waals surface area contributed by atoms with Crippen molar-refractivity contribution in [3.63, 3.8) is 0 Å². The van der Waals surface area contributed by atoms with Gasteiger partial charge in [-0.25, -0.2) is 9.78 Å². The average Bonchev–Trinajstić information content (AvgIpc) is 3.24. The summed E-state index contributed by atoms with van der Waals surface area (Å²) in [5, 5.41) is 13.5. The predicted octanol–water partition coefficient (Wildman–Crippen LogP) is 5.21. The van der Waals surface area contributed by atoms with Crippen LogP contribution in [-0.2, 0) is 17.6 Å². The number of ether oxygens (including phenoxy) is 1. The number of thiophene rings is 2. The Morgan fingerprint density at radius 3 is 2.69 bits per heavy atom. The quantitative estimate of drug-likeness (QED) is 0.508. The summed E-state index contributed by atoms with van der Waals surface area (Å²) in [4.78, 5) is 31.5. The molecule has 0 aromatic carbocycles. The summed E-state index contributed by atoms with van der Waals surface area (Å²) in [5.74, 6) is -0.916. The molecule has 0 radical (unpaired) electrons. The highest BCUT2D eigenvalue weighted by molar-refractivity contribution is 7.21. The zero-order valence-electron chi connectivity index (χ0n) is 18.0. The standard InChI is InChI=1S/C23H24N4O3S2/c1-3-30-23(29)18-12(2)15(11-24)22(31-18)27-20(28)19-17(25)14-10-13-8-6-4-5-7-9-16(13)26-21(14)32-19/h10H,3-9,25H2,1-2H3,(H,27,28). The molecule has 0 unspecified atom stereocenters. The van der Waals surface area contributed by atoms with E-state index in [0.29, 0.717) is 26.0 Å². The van der Waals surface area contributed by atoms with Crippen LogP contribution in [0.4, 0.5) is 10.7 Å². The lowest BCUT2D eigenvalue weighted by atomic mass is 9.96. The highest BCUT2D eigenvalue weighted by Crippen LogP contribution is 2.37. The van der Waals surface area contributed by atoms with E-state index >= 15 is 0 Å². The van der Waals surface area contributed by atoms with Crippen molar-refractivity contribution >= 4 is 55.5 Å². The molecule has 3 heterocycles. The number of nitriles is 1. The van der Waals surface area contributed by atoms with Gasteiger partial charge in [0.2, 0.25) is 0 Å². The number of pyridine rings is 1. The molecule has 0 saturated heterocycles. The number of esters is 1. The molecule has 3 aromatic heterocycles. The lowest BCUT2D eigenvalue weighted by Gasteiger charge is -2.12. The molecule has 4 rings (SSSR count). The Hall–Kier alpha value is -2.96. The number of amides is 1. The number of aryl methyl sites for hydroxylation is 2. The van der Waals surface area contributed by atoms with Crippen LogP contribution in [0.2, 0.25) is 0 Å². The van der Waals surface area contributed by atoms with E-state index in [0.717, 1.165) is 52.9 Å². The fourth-order valence-corrected chi connectivity index (χ4v) is 6.01. The number of fused-ring (bicyclic) bond motifs is 2. The summed E-state index contributed by atoms with van der Waals surface area (Å²) in [6.45, 7) is 3.62. The SMILES string of the molecule is CCOC(=O)c1sc(NC(=O)c2sc3nc4c(cc3c2N)CCCCCC4)c(C#N)c1C.